The van der Waals surface area contributed by atoms with E-state index in [0.717, 1.165) is 0 Å². The molecule has 19 heavy (non-hydrogen) atoms. The van der Waals surface area contributed by atoms with Crippen LogP contribution in [0, 0.1) is 0 Å². The third-order valence-electron chi connectivity index (χ3n) is 2.55. The van der Waals surface area contributed by atoms with Gasteiger partial charge in [-0.1, -0.05) is 6.07 Å². The van der Waals surface area contributed by atoms with Gasteiger partial charge in [0.2, 0.25) is 0 Å². The van der Waals surface area contributed by atoms with Crippen LogP contribution in [-0.2, 0) is 0 Å². The predicted octanol–water partition coefficient (Wildman–Crippen LogP) is 2.35. The first-order valence-electron chi connectivity index (χ1n) is 5.69. The minimum absolute atomic E-state index is 0.288. The standard InChI is InChI=1S/C14H14N2O3/c1-18-10-6-7-11(13(9-10)19-2)16-14(17)12-5-3-4-8-15-12/h3-9H,1-2H3,(H,16,17). The van der Waals surface area contributed by atoms with Crippen molar-refractivity contribution in [1.82, 2.24) is 4.98 Å². The minimum Gasteiger partial charge on any atom is -0.497 e. The number of nitrogens with zero attached hydrogens (tertiary/aromatic N) is 1. The monoisotopic (exact) mass is 258 g/mol. The number of aromatic nitrogens is 1. The molecule has 0 saturated heterocycles. The number of benzene rings is 1. The summed E-state index contributed by atoms with van der Waals surface area (Å²) < 4.78 is 10.3. The third-order valence-corrected chi connectivity index (χ3v) is 2.55. The molecular formula is C14H14N2O3. The summed E-state index contributed by atoms with van der Waals surface area (Å²) in [6.07, 6.45) is 1.57. The van der Waals surface area contributed by atoms with E-state index in [0.29, 0.717) is 22.9 Å². The summed E-state index contributed by atoms with van der Waals surface area (Å²) in [5.74, 6) is 0.903. The summed E-state index contributed by atoms with van der Waals surface area (Å²) in [5.41, 5.74) is 0.916. The van der Waals surface area contributed by atoms with Crippen molar-refractivity contribution < 1.29 is 14.3 Å². The Morgan fingerprint density at radius 3 is 2.63 bits per heavy atom. The van der Waals surface area contributed by atoms with Crippen molar-refractivity contribution in [3.05, 3.63) is 48.3 Å². The van der Waals surface area contributed by atoms with Crippen molar-refractivity contribution in [2.24, 2.45) is 0 Å². The second kappa shape index (κ2) is 5.86. The summed E-state index contributed by atoms with van der Waals surface area (Å²) >= 11 is 0. The van der Waals surface area contributed by atoms with Crippen LogP contribution in [-0.4, -0.2) is 25.1 Å². The van der Waals surface area contributed by atoms with Crippen LogP contribution in [0.2, 0.25) is 0 Å². The van der Waals surface area contributed by atoms with E-state index >= 15 is 0 Å². The summed E-state index contributed by atoms with van der Waals surface area (Å²) in [6.45, 7) is 0. The van der Waals surface area contributed by atoms with Crippen LogP contribution >= 0.6 is 0 Å². The van der Waals surface area contributed by atoms with Crippen LogP contribution in [0.5, 0.6) is 11.5 Å². The van der Waals surface area contributed by atoms with E-state index in [1.165, 1.54) is 7.11 Å². The number of carbonyl (C=O) groups is 1. The molecule has 2 rings (SSSR count). The van der Waals surface area contributed by atoms with Crippen LogP contribution in [0.3, 0.4) is 0 Å². The molecule has 0 unspecified atom stereocenters. The molecule has 1 N–H and O–H groups in total. The van der Waals surface area contributed by atoms with Gasteiger partial charge in [-0.3, -0.25) is 9.78 Å². The fraction of sp³-hybridized carbons (Fsp3) is 0.143. The number of amides is 1. The van der Waals surface area contributed by atoms with Gasteiger partial charge in [0.25, 0.3) is 5.91 Å². The number of anilines is 1. The van der Waals surface area contributed by atoms with E-state index in [1.54, 1.807) is 49.7 Å². The van der Waals surface area contributed by atoms with Gasteiger partial charge in [-0.15, -0.1) is 0 Å². The van der Waals surface area contributed by atoms with Gasteiger partial charge in [-0.25, -0.2) is 0 Å². The molecule has 0 bridgehead atoms. The zero-order valence-corrected chi connectivity index (χ0v) is 10.7. The Bertz CT molecular complexity index is 570. The van der Waals surface area contributed by atoms with E-state index in [9.17, 15) is 4.79 Å². The highest BCUT2D eigenvalue weighted by atomic mass is 16.5. The Morgan fingerprint density at radius 1 is 1.16 bits per heavy atom. The number of carbonyl (C=O) groups excluding carboxylic acids is 1. The number of hydrogen-bond acceptors (Lipinski definition) is 4. The highest BCUT2D eigenvalue weighted by Gasteiger charge is 2.11. The van der Waals surface area contributed by atoms with Crippen molar-refractivity contribution in [2.75, 3.05) is 19.5 Å². The van der Waals surface area contributed by atoms with E-state index in [-0.39, 0.29) is 5.91 Å². The van der Waals surface area contributed by atoms with E-state index < -0.39 is 0 Å². The molecule has 5 nitrogen and oxygen atoms in total. The highest BCUT2D eigenvalue weighted by molar-refractivity contribution is 6.03. The summed E-state index contributed by atoms with van der Waals surface area (Å²) in [7, 11) is 3.10. The van der Waals surface area contributed by atoms with Gasteiger partial charge >= 0.3 is 0 Å². The Morgan fingerprint density at radius 2 is 2.00 bits per heavy atom. The molecule has 1 aromatic carbocycles. The first-order valence-corrected chi connectivity index (χ1v) is 5.69. The largest absolute Gasteiger partial charge is 0.497 e. The molecular weight excluding hydrogens is 244 g/mol. The van der Waals surface area contributed by atoms with E-state index in [2.05, 4.69) is 10.3 Å². The molecule has 1 amide bonds. The van der Waals surface area contributed by atoms with Gasteiger partial charge in [0, 0.05) is 12.3 Å². The fourth-order valence-electron chi connectivity index (χ4n) is 1.59. The number of rotatable bonds is 4. The molecule has 0 aliphatic carbocycles. The van der Waals surface area contributed by atoms with Gasteiger partial charge in [0.15, 0.2) is 0 Å². The lowest BCUT2D eigenvalue weighted by atomic mass is 10.2. The van der Waals surface area contributed by atoms with Crippen molar-refractivity contribution in [3.8, 4) is 11.5 Å². The molecule has 0 aliphatic rings. The Labute approximate surface area is 111 Å². The summed E-state index contributed by atoms with van der Waals surface area (Å²) in [5, 5.41) is 2.75. The van der Waals surface area contributed by atoms with Crippen molar-refractivity contribution >= 4 is 11.6 Å². The van der Waals surface area contributed by atoms with Crippen molar-refractivity contribution in [1.29, 1.82) is 0 Å². The van der Waals surface area contributed by atoms with Gasteiger partial charge in [-0.05, 0) is 24.3 Å². The maximum Gasteiger partial charge on any atom is 0.274 e. The lowest BCUT2D eigenvalue weighted by molar-refractivity contribution is 0.102. The van der Waals surface area contributed by atoms with Gasteiger partial charge in [0.1, 0.15) is 17.2 Å². The molecule has 1 heterocycles. The predicted molar refractivity (Wildman–Crippen MR) is 71.7 cm³/mol. The van der Waals surface area contributed by atoms with E-state index in [4.69, 9.17) is 9.47 Å². The lowest BCUT2D eigenvalue weighted by Gasteiger charge is -2.11. The number of methoxy groups -OCH3 is 2. The first-order chi connectivity index (χ1) is 9.24. The topological polar surface area (TPSA) is 60.5 Å². The van der Waals surface area contributed by atoms with Gasteiger partial charge in [-0.2, -0.15) is 0 Å². The average molecular weight is 258 g/mol. The number of ether oxygens (including phenoxy) is 2. The molecule has 98 valence electrons. The molecule has 0 spiro atoms. The molecule has 5 heteroatoms. The van der Waals surface area contributed by atoms with Crippen LogP contribution in [0.25, 0.3) is 0 Å². The molecule has 2 aromatic rings. The smallest absolute Gasteiger partial charge is 0.274 e. The summed E-state index contributed by atoms with van der Waals surface area (Å²) in [6, 6.07) is 10.3. The Kier molecular flexibility index (Phi) is 3.97. The Hall–Kier alpha value is -2.56. The second-order valence-corrected chi connectivity index (χ2v) is 3.74. The normalized spacial score (nSPS) is 9.79. The van der Waals surface area contributed by atoms with Crippen molar-refractivity contribution in [2.45, 2.75) is 0 Å². The van der Waals surface area contributed by atoms with Crippen LogP contribution in [0.1, 0.15) is 10.5 Å². The van der Waals surface area contributed by atoms with Crippen molar-refractivity contribution in [3.63, 3.8) is 0 Å². The SMILES string of the molecule is COc1ccc(NC(=O)c2ccccn2)c(OC)c1. The molecule has 1 aromatic heterocycles. The Balaban J connectivity index is 2.21. The molecule has 0 aliphatic heterocycles. The summed E-state index contributed by atoms with van der Waals surface area (Å²) in [4.78, 5) is 16.0. The number of nitrogens with one attached hydrogen (secondary N) is 1. The highest BCUT2D eigenvalue weighted by Crippen LogP contribution is 2.29. The third kappa shape index (κ3) is 3.01. The lowest BCUT2D eigenvalue weighted by Crippen LogP contribution is -2.14. The van der Waals surface area contributed by atoms with Gasteiger partial charge < -0.3 is 14.8 Å². The second-order valence-electron chi connectivity index (χ2n) is 3.74. The molecule has 0 radical (unpaired) electrons. The zero-order chi connectivity index (χ0) is 13.7. The zero-order valence-electron chi connectivity index (χ0n) is 10.7. The first kappa shape index (κ1) is 12.9. The maximum absolute atomic E-state index is 12.0. The maximum atomic E-state index is 12.0. The van der Waals surface area contributed by atoms with Gasteiger partial charge in [0.05, 0.1) is 19.9 Å². The molecule has 0 atom stereocenters. The average Bonchev–Trinajstić information content (AvgIpc) is 2.48. The minimum atomic E-state index is -0.288. The van der Waals surface area contributed by atoms with Crippen LogP contribution in [0.15, 0.2) is 42.6 Å². The quantitative estimate of drug-likeness (QED) is 0.914. The van der Waals surface area contributed by atoms with Crippen LogP contribution < -0.4 is 14.8 Å². The molecule has 0 saturated carbocycles. The molecule has 0 fully saturated rings. The van der Waals surface area contributed by atoms with E-state index in [1.807, 2.05) is 0 Å². The number of hydrogen-bond donors (Lipinski definition) is 1. The fourth-order valence-corrected chi connectivity index (χ4v) is 1.59. The number of pyridine rings is 1. The van der Waals surface area contributed by atoms with Crippen LogP contribution in [0.4, 0.5) is 5.69 Å².